The summed E-state index contributed by atoms with van der Waals surface area (Å²) in [6.45, 7) is 6.74. The largest absolute Gasteiger partial charge is 0.489 e. The van der Waals surface area contributed by atoms with E-state index in [0.717, 1.165) is 30.7 Å². The Morgan fingerprint density at radius 2 is 1.96 bits per heavy atom. The van der Waals surface area contributed by atoms with Crippen LogP contribution in [0, 0.1) is 0 Å². The topological polar surface area (TPSA) is 76.1 Å². The van der Waals surface area contributed by atoms with Gasteiger partial charge in [-0.2, -0.15) is 0 Å². The summed E-state index contributed by atoms with van der Waals surface area (Å²) in [6, 6.07) is 7.64. The van der Waals surface area contributed by atoms with Crippen molar-refractivity contribution in [2.45, 2.75) is 46.1 Å². The first kappa shape index (κ1) is 18.7. The summed E-state index contributed by atoms with van der Waals surface area (Å²) in [5.74, 6) is 1.11. The average molecular weight is 342 g/mol. The number of nitrogens with one attached hydrogen (secondary N) is 2. The highest BCUT2D eigenvalue weighted by Crippen LogP contribution is 2.27. The maximum absolute atomic E-state index is 12.0. The summed E-state index contributed by atoms with van der Waals surface area (Å²) in [6.07, 6.45) is 6.30. The summed E-state index contributed by atoms with van der Waals surface area (Å²) in [5, 5.41) is 6.03. The molecule has 0 fully saturated rings. The fourth-order valence-corrected chi connectivity index (χ4v) is 2.24. The highest BCUT2D eigenvalue weighted by Gasteiger charge is 2.09. The lowest BCUT2D eigenvalue weighted by molar-refractivity contribution is 0.0947. The molecule has 2 aromatic rings. The number of anilines is 2. The Morgan fingerprint density at radius 3 is 2.64 bits per heavy atom. The Bertz CT molecular complexity index is 671. The van der Waals surface area contributed by atoms with Gasteiger partial charge in [0.25, 0.3) is 5.91 Å². The van der Waals surface area contributed by atoms with E-state index in [4.69, 9.17) is 4.74 Å². The number of amides is 1. The molecule has 25 heavy (non-hydrogen) atoms. The van der Waals surface area contributed by atoms with Gasteiger partial charge < -0.3 is 15.4 Å². The average Bonchev–Trinajstić information content (AvgIpc) is 2.60. The third-order valence-electron chi connectivity index (χ3n) is 3.46. The van der Waals surface area contributed by atoms with Crippen LogP contribution in [-0.4, -0.2) is 28.5 Å². The molecule has 1 heterocycles. The number of aromatic nitrogens is 2. The molecule has 1 aromatic carbocycles. The molecular weight excluding hydrogens is 316 g/mol. The lowest BCUT2D eigenvalue weighted by atomic mass is 10.2. The molecular formula is C19H26N4O2. The number of carbonyl (C=O) groups excluding carboxylic acids is 1. The first-order valence-electron chi connectivity index (χ1n) is 8.73. The van der Waals surface area contributed by atoms with Crippen molar-refractivity contribution in [2.24, 2.45) is 0 Å². The first-order chi connectivity index (χ1) is 12.1. The number of carbonyl (C=O) groups is 1. The fraction of sp³-hybridized carbons (Fsp3) is 0.421. The summed E-state index contributed by atoms with van der Waals surface area (Å²) in [4.78, 5) is 20.5. The van der Waals surface area contributed by atoms with Crippen LogP contribution in [0.4, 0.5) is 11.5 Å². The smallest absolute Gasteiger partial charge is 0.271 e. The molecule has 0 bridgehead atoms. The van der Waals surface area contributed by atoms with Crippen LogP contribution in [0.3, 0.4) is 0 Å². The third-order valence-corrected chi connectivity index (χ3v) is 3.46. The number of rotatable bonds is 9. The summed E-state index contributed by atoms with van der Waals surface area (Å²) in [5.41, 5.74) is 1.12. The van der Waals surface area contributed by atoms with Crippen molar-refractivity contribution < 1.29 is 9.53 Å². The van der Waals surface area contributed by atoms with Gasteiger partial charge in [0.2, 0.25) is 0 Å². The zero-order chi connectivity index (χ0) is 18.1. The Kier molecular flexibility index (Phi) is 7.19. The molecule has 1 amide bonds. The maximum atomic E-state index is 12.0. The Labute approximate surface area is 149 Å². The van der Waals surface area contributed by atoms with Gasteiger partial charge in [-0.1, -0.05) is 31.9 Å². The van der Waals surface area contributed by atoms with E-state index in [9.17, 15) is 4.79 Å². The van der Waals surface area contributed by atoms with Gasteiger partial charge in [-0.05, 0) is 32.4 Å². The van der Waals surface area contributed by atoms with Crippen LogP contribution in [0.1, 0.15) is 50.5 Å². The third kappa shape index (κ3) is 6.06. The molecule has 0 aliphatic carbocycles. The van der Waals surface area contributed by atoms with Crippen molar-refractivity contribution in [3.8, 4) is 5.75 Å². The van der Waals surface area contributed by atoms with Crippen LogP contribution in [0.5, 0.6) is 5.75 Å². The number of ether oxygens (including phenoxy) is 1. The van der Waals surface area contributed by atoms with Gasteiger partial charge in [0.1, 0.15) is 17.3 Å². The molecule has 6 heteroatoms. The van der Waals surface area contributed by atoms with E-state index >= 15 is 0 Å². The summed E-state index contributed by atoms with van der Waals surface area (Å²) >= 11 is 0. The molecule has 2 rings (SSSR count). The molecule has 0 aliphatic rings. The Balaban J connectivity index is 1.98. The number of hydrogen-bond acceptors (Lipinski definition) is 5. The van der Waals surface area contributed by atoms with Crippen molar-refractivity contribution in [1.29, 1.82) is 0 Å². The van der Waals surface area contributed by atoms with Gasteiger partial charge >= 0.3 is 0 Å². The van der Waals surface area contributed by atoms with Gasteiger partial charge in [-0.3, -0.25) is 4.79 Å². The zero-order valence-corrected chi connectivity index (χ0v) is 15.1. The molecule has 0 saturated heterocycles. The monoisotopic (exact) mass is 342 g/mol. The van der Waals surface area contributed by atoms with Gasteiger partial charge in [0.05, 0.1) is 24.2 Å². The van der Waals surface area contributed by atoms with Crippen LogP contribution < -0.4 is 15.4 Å². The summed E-state index contributed by atoms with van der Waals surface area (Å²) in [7, 11) is 0. The molecule has 0 radical (unpaired) electrons. The van der Waals surface area contributed by atoms with Crippen molar-refractivity contribution >= 4 is 17.4 Å². The predicted molar refractivity (Wildman–Crippen MR) is 99.4 cm³/mol. The molecule has 0 unspecified atom stereocenters. The van der Waals surface area contributed by atoms with Crippen molar-refractivity contribution in [2.75, 3.05) is 11.9 Å². The molecule has 0 aliphatic heterocycles. The number of benzene rings is 1. The molecule has 0 saturated carbocycles. The molecule has 2 N–H and O–H groups in total. The normalized spacial score (nSPS) is 10.6. The van der Waals surface area contributed by atoms with E-state index in [1.165, 1.54) is 6.20 Å². The highest BCUT2D eigenvalue weighted by atomic mass is 16.5. The molecule has 0 spiro atoms. The van der Waals surface area contributed by atoms with E-state index in [-0.39, 0.29) is 12.0 Å². The number of nitrogens with zero attached hydrogens (tertiary/aromatic N) is 2. The molecule has 0 atom stereocenters. The molecule has 1 aromatic heterocycles. The number of unbranched alkanes of at least 4 members (excludes halogenated alkanes) is 2. The maximum Gasteiger partial charge on any atom is 0.271 e. The first-order valence-corrected chi connectivity index (χ1v) is 8.73. The van der Waals surface area contributed by atoms with E-state index in [1.54, 1.807) is 6.20 Å². The van der Waals surface area contributed by atoms with E-state index in [0.29, 0.717) is 18.1 Å². The van der Waals surface area contributed by atoms with E-state index in [2.05, 4.69) is 27.5 Å². The van der Waals surface area contributed by atoms with Crippen LogP contribution in [0.2, 0.25) is 0 Å². The minimum absolute atomic E-state index is 0.0767. The van der Waals surface area contributed by atoms with Gasteiger partial charge in [-0.25, -0.2) is 9.97 Å². The van der Waals surface area contributed by atoms with Crippen molar-refractivity contribution in [3.63, 3.8) is 0 Å². The number of para-hydroxylation sites is 2. The molecule has 134 valence electrons. The van der Waals surface area contributed by atoms with Gasteiger partial charge in [0, 0.05) is 6.54 Å². The van der Waals surface area contributed by atoms with Gasteiger partial charge in [-0.15, -0.1) is 0 Å². The second-order valence-corrected chi connectivity index (χ2v) is 6.04. The lowest BCUT2D eigenvalue weighted by Crippen LogP contribution is -2.25. The predicted octanol–water partition coefficient (Wildman–Crippen LogP) is 3.93. The quantitative estimate of drug-likeness (QED) is 0.675. The van der Waals surface area contributed by atoms with Crippen molar-refractivity contribution in [3.05, 3.63) is 42.4 Å². The highest BCUT2D eigenvalue weighted by molar-refractivity contribution is 5.92. The van der Waals surface area contributed by atoms with Crippen molar-refractivity contribution in [1.82, 2.24) is 15.3 Å². The zero-order valence-electron chi connectivity index (χ0n) is 15.1. The minimum atomic E-state index is -0.196. The Morgan fingerprint density at radius 1 is 1.16 bits per heavy atom. The lowest BCUT2D eigenvalue weighted by Gasteiger charge is -2.15. The standard InChI is InChI=1S/C19H26N4O2/c1-4-5-8-11-20-19(24)16-12-22-18(13-21-16)23-15-9-6-7-10-17(15)25-14(2)3/h6-7,9-10,12-14H,4-5,8,11H2,1-3H3,(H,20,24)(H,22,23). The fourth-order valence-electron chi connectivity index (χ4n) is 2.24. The summed E-state index contributed by atoms with van der Waals surface area (Å²) < 4.78 is 5.77. The van der Waals surface area contributed by atoms with E-state index < -0.39 is 0 Å². The van der Waals surface area contributed by atoms with Crippen LogP contribution >= 0.6 is 0 Å². The van der Waals surface area contributed by atoms with E-state index in [1.807, 2.05) is 38.1 Å². The minimum Gasteiger partial charge on any atom is -0.489 e. The SMILES string of the molecule is CCCCCNC(=O)c1cnc(Nc2ccccc2OC(C)C)cn1. The van der Waals surface area contributed by atoms with Crippen LogP contribution in [-0.2, 0) is 0 Å². The second kappa shape index (κ2) is 9.61. The van der Waals surface area contributed by atoms with Gasteiger partial charge in [0.15, 0.2) is 0 Å². The Hall–Kier alpha value is -2.63. The van der Waals surface area contributed by atoms with Crippen LogP contribution in [0.15, 0.2) is 36.7 Å². The number of hydrogen-bond donors (Lipinski definition) is 2. The van der Waals surface area contributed by atoms with Crippen LogP contribution in [0.25, 0.3) is 0 Å². The second-order valence-electron chi connectivity index (χ2n) is 6.04. The molecule has 6 nitrogen and oxygen atoms in total.